The Kier molecular flexibility index (Phi) is 3.81. The van der Waals surface area contributed by atoms with Gasteiger partial charge in [0.2, 0.25) is 0 Å². The molecule has 0 aliphatic heterocycles. The fourth-order valence-electron chi connectivity index (χ4n) is 1.70. The Bertz CT molecular complexity index is 384. The van der Waals surface area contributed by atoms with E-state index >= 15 is 0 Å². The van der Waals surface area contributed by atoms with Crippen LogP contribution in [0.15, 0.2) is 43.0 Å². The van der Waals surface area contributed by atoms with E-state index in [9.17, 15) is 4.79 Å². The van der Waals surface area contributed by atoms with Crippen LogP contribution >= 0.6 is 0 Å². The monoisotopic (exact) mass is 231 g/mol. The SMILES string of the molecule is C=CCN(C(=O)OCc1ccccc1)C1CC1. The fraction of sp³-hybridized carbons (Fsp3) is 0.357. The predicted molar refractivity (Wildman–Crippen MR) is 66.6 cm³/mol. The quantitative estimate of drug-likeness (QED) is 0.729. The normalized spacial score (nSPS) is 14.1. The molecule has 1 aliphatic rings. The van der Waals surface area contributed by atoms with Crippen LogP contribution in [0.25, 0.3) is 0 Å². The highest BCUT2D eigenvalue weighted by atomic mass is 16.6. The molecule has 3 nitrogen and oxygen atoms in total. The molecule has 90 valence electrons. The topological polar surface area (TPSA) is 29.5 Å². The van der Waals surface area contributed by atoms with E-state index in [1.165, 1.54) is 0 Å². The summed E-state index contributed by atoms with van der Waals surface area (Å²) < 4.78 is 5.28. The van der Waals surface area contributed by atoms with Crippen molar-refractivity contribution in [3.63, 3.8) is 0 Å². The third-order valence-electron chi connectivity index (χ3n) is 2.75. The molecule has 2 rings (SSSR count). The second-order valence-electron chi connectivity index (χ2n) is 4.21. The highest BCUT2D eigenvalue weighted by Gasteiger charge is 2.32. The van der Waals surface area contributed by atoms with Gasteiger partial charge in [-0.25, -0.2) is 4.79 Å². The Morgan fingerprint density at radius 3 is 2.71 bits per heavy atom. The largest absolute Gasteiger partial charge is 0.445 e. The van der Waals surface area contributed by atoms with Gasteiger partial charge in [0, 0.05) is 12.6 Å². The van der Waals surface area contributed by atoms with Gasteiger partial charge in [0.15, 0.2) is 0 Å². The molecule has 1 aromatic carbocycles. The van der Waals surface area contributed by atoms with Crippen molar-refractivity contribution in [3.05, 3.63) is 48.6 Å². The van der Waals surface area contributed by atoms with Crippen LogP contribution in [0, 0.1) is 0 Å². The highest BCUT2D eigenvalue weighted by molar-refractivity contribution is 5.68. The number of benzene rings is 1. The van der Waals surface area contributed by atoms with Crippen LogP contribution in [0.3, 0.4) is 0 Å². The molecule has 1 fully saturated rings. The van der Waals surface area contributed by atoms with E-state index in [1.807, 2.05) is 30.3 Å². The average molecular weight is 231 g/mol. The Morgan fingerprint density at radius 1 is 1.41 bits per heavy atom. The molecule has 0 bridgehead atoms. The highest BCUT2D eigenvalue weighted by Crippen LogP contribution is 2.27. The lowest BCUT2D eigenvalue weighted by atomic mass is 10.2. The maximum absolute atomic E-state index is 11.8. The molecule has 0 N–H and O–H groups in total. The second-order valence-corrected chi connectivity index (χ2v) is 4.21. The van der Waals surface area contributed by atoms with Crippen LogP contribution in [-0.4, -0.2) is 23.6 Å². The first-order valence-corrected chi connectivity index (χ1v) is 5.89. The van der Waals surface area contributed by atoms with Crippen LogP contribution < -0.4 is 0 Å². The lowest BCUT2D eigenvalue weighted by Crippen LogP contribution is -2.33. The molecule has 3 heteroatoms. The molecular weight excluding hydrogens is 214 g/mol. The van der Waals surface area contributed by atoms with Gasteiger partial charge in [0.1, 0.15) is 6.61 Å². The van der Waals surface area contributed by atoms with Crippen molar-refractivity contribution in [2.45, 2.75) is 25.5 Å². The predicted octanol–water partition coefficient (Wildman–Crippen LogP) is 2.97. The lowest BCUT2D eigenvalue weighted by molar-refractivity contribution is 0.0977. The fourth-order valence-corrected chi connectivity index (χ4v) is 1.70. The minimum Gasteiger partial charge on any atom is -0.445 e. The molecule has 0 saturated heterocycles. The zero-order chi connectivity index (χ0) is 12.1. The van der Waals surface area contributed by atoms with E-state index in [4.69, 9.17) is 4.74 Å². The Hall–Kier alpha value is -1.77. The number of hydrogen-bond donors (Lipinski definition) is 0. The van der Waals surface area contributed by atoms with Gasteiger partial charge in [0.05, 0.1) is 0 Å². The zero-order valence-corrected chi connectivity index (χ0v) is 9.84. The molecule has 0 radical (unpaired) electrons. The summed E-state index contributed by atoms with van der Waals surface area (Å²) in [7, 11) is 0. The molecule has 0 spiro atoms. The molecule has 0 unspecified atom stereocenters. The Morgan fingerprint density at radius 2 is 2.12 bits per heavy atom. The van der Waals surface area contributed by atoms with E-state index in [1.54, 1.807) is 11.0 Å². The first-order valence-electron chi connectivity index (χ1n) is 5.89. The van der Waals surface area contributed by atoms with Crippen LogP contribution in [0.5, 0.6) is 0 Å². The minimum absolute atomic E-state index is 0.240. The second kappa shape index (κ2) is 5.53. The molecule has 17 heavy (non-hydrogen) atoms. The minimum atomic E-state index is -0.240. The third kappa shape index (κ3) is 3.34. The van der Waals surface area contributed by atoms with Gasteiger partial charge < -0.3 is 9.64 Å². The van der Waals surface area contributed by atoms with Gasteiger partial charge in [-0.1, -0.05) is 36.4 Å². The van der Waals surface area contributed by atoms with Gasteiger partial charge in [-0.15, -0.1) is 6.58 Å². The van der Waals surface area contributed by atoms with Crippen molar-refractivity contribution in [2.24, 2.45) is 0 Å². The summed E-state index contributed by atoms with van der Waals surface area (Å²) >= 11 is 0. The molecule has 0 atom stereocenters. The summed E-state index contributed by atoms with van der Waals surface area (Å²) in [5.74, 6) is 0. The molecule has 0 aromatic heterocycles. The molecule has 1 aliphatic carbocycles. The van der Waals surface area contributed by atoms with Crippen LogP contribution in [0.1, 0.15) is 18.4 Å². The molecule has 0 heterocycles. The Labute approximate surface area is 102 Å². The van der Waals surface area contributed by atoms with Crippen molar-refractivity contribution in [1.82, 2.24) is 4.90 Å². The number of carbonyl (C=O) groups is 1. The number of rotatable bonds is 5. The van der Waals surface area contributed by atoms with E-state index in [2.05, 4.69) is 6.58 Å². The summed E-state index contributed by atoms with van der Waals surface area (Å²) in [6.45, 7) is 4.56. The van der Waals surface area contributed by atoms with Gasteiger partial charge in [-0.2, -0.15) is 0 Å². The van der Waals surface area contributed by atoms with Crippen molar-refractivity contribution in [1.29, 1.82) is 0 Å². The van der Waals surface area contributed by atoms with Crippen LogP contribution in [0.2, 0.25) is 0 Å². The van der Waals surface area contributed by atoms with Gasteiger partial charge in [-0.3, -0.25) is 0 Å². The average Bonchev–Trinajstić information content (AvgIpc) is 3.18. The van der Waals surface area contributed by atoms with Gasteiger partial charge >= 0.3 is 6.09 Å². The number of carbonyl (C=O) groups excluding carboxylic acids is 1. The first-order chi connectivity index (χ1) is 8.31. The van der Waals surface area contributed by atoms with Crippen molar-refractivity contribution in [3.8, 4) is 0 Å². The zero-order valence-electron chi connectivity index (χ0n) is 9.84. The number of amides is 1. The number of nitrogens with zero attached hydrogens (tertiary/aromatic N) is 1. The lowest BCUT2D eigenvalue weighted by Gasteiger charge is -2.19. The molecular formula is C14H17NO2. The van der Waals surface area contributed by atoms with Crippen LogP contribution in [0.4, 0.5) is 4.79 Å². The molecule has 1 saturated carbocycles. The standard InChI is InChI=1S/C14H17NO2/c1-2-10-15(13-8-9-13)14(16)17-11-12-6-4-3-5-7-12/h2-7,13H,1,8-11H2. The molecule has 1 amide bonds. The van der Waals surface area contributed by atoms with E-state index < -0.39 is 0 Å². The maximum Gasteiger partial charge on any atom is 0.410 e. The summed E-state index contributed by atoms with van der Waals surface area (Å²) in [6.07, 6.45) is 3.65. The van der Waals surface area contributed by atoms with Gasteiger partial charge in [-0.05, 0) is 18.4 Å². The van der Waals surface area contributed by atoms with Crippen LogP contribution in [-0.2, 0) is 11.3 Å². The van der Waals surface area contributed by atoms with Crippen molar-refractivity contribution in [2.75, 3.05) is 6.54 Å². The smallest absolute Gasteiger partial charge is 0.410 e. The van der Waals surface area contributed by atoms with Gasteiger partial charge in [0.25, 0.3) is 0 Å². The van der Waals surface area contributed by atoms with E-state index in [0.717, 1.165) is 18.4 Å². The van der Waals surface area contributed by atoms with E-state index in [-0.39, 0.29) is 6.09 Å². The Balaban J connectivity index is 1.85. The summed E-state index contributed by atoms with van der Waals surface area (Å²) in [5, 5.41) is 0. The van der Waals surface area contributed by atoms with E-state index in [0.29, 0.717) is 19.2 Å². The summed E-state index contributed by atoms with van der Waals surface area (Å²) in [5.41, 5.74) is 1.01. The van der Waals surface area contributed by atoms with Crippen molar-refractivity contribution < 1.29 is 9.53 Å². The summed E-state index contributed by atoms with van der Waals surface area (Å²) in [4.78, 5) is 13.6. The first kappa shape index (κ1) is 11.7. The number of hydrogen-bond acceptors (Lipinski definition) is 2. The number of ether oxygens (including phenoxy) is 1. The third-order valence-corrected chi connectivity index (χ3v) is 2.75. The molecule has 1 aromatic rings. The van der Waals surface area contributed by atoms with Crippen molar-refractivity contribution >= 4 is 6.09 Å². The maximum atomic E-state index is 11.8. The summed E-state index contributed by atoms with van der Waals surface area (Å²) in [6, 6.07) is 10.1.